The van der Waals surface area contributed by atoms with Crippen LogP contribution in [0.1, 0.15) is 12.7 Å². The molecule has 1 heterocycles. The van der Waals surface area contributed by atoms with Gasteiger partial charge in [0, 0.05) is 20.0 Å². The lowest BCUT2D eigenvalue weighted by Crippen LogP contribution is -2.39. The molecule has 1 aromatic carbocycles. The number of hydrogen-bond acceptors (Lipinski definition) is 3. The number of amides is 1. The fourth-order valence-corrected chi connectivity index (χ4v) is 1.89. The largest absolute Gasteiger partial charge is 0.354 e. The van der Waals surface area contributed by atoms with Gasteiger partial charge in [-0.2, -0.15) is 0 Å². The van der Waals surface area contributed by atoms with E-state index in [2.05, 4.69) is 10.3 Å². The molecule has 19 heavy (non-hydrogen) atoms. The van der Waals surface area contributed by atoms with Gasteiger partial charge < -0.3 is 15.6 Å². The Labute approximate surface area is 110 Å². The van der Waals surface area contributed by atoms with Crippen molar-refractivity contribution in [2.45, 2.75) is 19.4 Å². The first kappa shape index (κ1) is 13.5. The first-order chi connectivity index (χ1) is 8.99. The van der Waals surface area contributed by atoms with E-state index in [4.69, 9.17) is 5.73 Å². The minimum atomic E-state index is -0.519. The number of aryl methyl sites for hydroxylation is 1. The topological polar surface area (TPSA) is 72.9 Å². The molecule has 1 amide bonds. The quantitative estimate of drug-likeness (QED) is 0.854. The fourth-order valence-electron chi connectivity index (χ4n) is 1.89. The summed E-state index contributed by atoms with van der Waals surface area (Å²) in [5, 5.41) is 2.72. The molecule has 0 spiro atoms. The van der Waals surface area contributed by atoms with Gasteiger partial charge >= 0.3 is 0 Å². The summed E-state index contributed by atoms with van der Waals surface area (Å²) in [5.74, 6) is 0.322. The normalized spacial score (nSPS) is 12.6. The standard InChI is InChI=1S/C13H17FN4O/c1-8(15)13(19)16-6-5-12-17-10-4-3-9(14)7-11(10)18(12)2/h3-4,7-8H,5-6,15H2,1-2H3,(H,16,19)/t8-/m1/s1. The molecule has 0 aliphatic rings. The number of nitrogens with two attached hydrogens (primary N) is 1. The van der Waals surface area contributed by atoms with Gasteiger partial charge in [-0.3, -0.25) is 4.79 Å². The molecule has 6 heteroatoms. The minimum absolute atomic E-state index is 0.190. The van der Waals surface area contributed by atoms with E-state index in [0.29, 0.717) is 13.0 Å². The molecule has 0 saturated carbocycles. The molecule has 1 aromatic heterocycles. The zero-order valence-corrected chi connectivity index (χ0v) is 11.0. The van der Waals surface area contributed by atoms with Crippen LogP contribution in [0.15, 0.2) is 18.2 Å². The van der Waals surface area contributed by atoms with Crippen molar-refractivity contribution in [3.8, 4) is 0 Å². The van der Waals surface area contributed by atoms with Crippen LogP contribution >= 0.6 is 0 Å². The van der Waals surface area contributed by atoms with E-state index >= 15 is 0 Å². The van der Waals surface area contributed by atoms with Crippen molar-refractivity contribution in [3.63, 3.8) is 0 Å². The third kappa shape index (κ3) is 2.90. The van der Waals surface area contributed by atoms with Crippen LogP contribution in [0.5, 0.6) is 0 Å². The maximum absolute atomic E-state index is 13.2. The molecule has 2 rings (SSSR count). The van der Waals surface area contributed by atoms with Crippen molar-refractivity contribution < 1.29 is 9.18 Å². The van der Waals surface area contributed by atoms with Gasteiger partial charge in [0.25, 0.3) is 0 Å². The Morgan fingerprint density at radius 2 is 2.32 bits per heavy atom. The third-order valence-electron chi connectivity index (χ3n) is 3.00. The van der Waals surface area contributed by atoms with E-state index in [-0.39, 0.29) is 11.7 Å². The maximum Gasteiger partial charge on any atom is 0.236 e. The summed E-state index contributed by atoms with van der Waals surface area (Å²) in [7, 11) is 1.83. The third-order valence-corrected chi connectivity index (χ3v) is 3.00. The lowest BCUT2D eigenvalue weighted by molar-refractivity contribution is -0.121. The van der Waals surface area contributed by atoms with Crippen LogP contribution in [0.2, 0.25) is 0 Å². The number of benzene rings is 1. The van der Waals surface area contributed by atoms with Gasteiger partial charge in [-0.15, -0.1) is 0 Å². The number of aromatic nitrogens is 2. The fraction of sp³-hybridized carbons (Fsp3) is 0.385. The number of fused-ring (bicyclic) bond motifs is 1. The summed E-state index contributed by atoms with van der Waals surface area (Å²) < 4.78 is 15.0. The summed E-state index contributed by atoms with van der Waals surface area (Å²) in [6.07, 6.45) is 0.575. The van der Waals surface area contributed by atoms with Crippen LogP contribution in [0.4, 0.5) is 4.39 Å². The highest BCUT2D eigenvalue weighted by molar-refractivity contribution is 5.81. The lowest BCUT2D eigenvalue weighted by Gasteiger charge is -2.07. The highest BCUT2D eigenvalue weighted by atomic mass is 19.1. The van der Waals surface area contributed by atoms with Gasteiger partial charge in [0.05, 0.1) is 17.1 Å². The Kier molecular flexibility index (Phi) is 3.80. The number of halogens is 1. The van der Waals surface area contributed by atoms with Crippen LogP contribution in [0.3, 0.4) is 0 Å². The molecule has 1 atom stereocenters. The van der Waals surface area contributed by atoms with Crippen molar-refractivity contribution in [2.24, 2.45) is 12.8 Å². The van der Waals surface area contributed by atoms with E-state index in [1.807, 2.05) is 11.6 Å². The van der Waals surface area contributed by atoms with Gasteiger partial charge in [0.2, 0.25) is 5.91 Å². The number of imidazole rings is 1. The van der Waals surface area contributed by atoms with Crippen molar-refractivity contribution in [1.29, 1.82) is 0 Å². The number of carbonyl (C=O) groups excluding carboxylic acids is 1. The van der Waals surface area contributed by atoms with Crippen LogP contribution in [-0.4, -0.2) is 28.0 Å². The van der Waals surface area contributed by atoms with Gasteiger partial charge in [0.15, 0.2) is 0 Å². The molecule has 5 nitrogen and oxygen atoms in total. The van der Waals surface area contributed by atoms with Crippen molar-refractivity contribution >= 4 is 16.9 Å². The molecule has 0 aliphatic heterocycles. The summed E-state index contributed by atoms with van der Waals surface area (Å²) in [6.45, 7) is 2.09. The molecule has 0 aliphatic carbocycles. The number of carbonyl (C=O) groups is 1. The second-order valence-electron chi connectivity index (χ2n) is 4.55. The lowest BCUT2D eigenvalue weighted by atomic mass is 10.3. The summed E-state index contributed by atoms with van der Waals surface area (Å²) in [4.78, 5) is 15.7. The molecule has 0 unspecified atom stereocenters. The summed E-state index contributed by atoms with van der Waals surface area (Å²) in [5.41, 5.74) is 6.94. The molecule has 0 radical (unpaired) electrons. The number of nitrogens with one attached hydrogen (secondary N) is 1. The monoisotopic (exact) mass is 264 g/mol. The maximum atomic E-state index is 13.2. The van der Waals surface area contributed by atoms with Gasteiger partial charge in [-0.25, -0.2) is 9.37 Å². The second kappa shape index (κ2) is 5.36. The highest BCUT2D eigenvalue weighted by Crippen LogP contribution is 2.16. The van der Waals surface area contributed by atoms with Crippen molar-refractivity contribution in [3.05, 3.63) is 29.8 Å². The smallest absolute Gasteiger partial charge is 0.236 e. The molecule has 2 aromatic rings. The predicted molar refractivity (Wildman–Crippen MR) is 71.0 cm³/mol. The Hall–Kier alpha value is -1.95. The van der Waals surface area contributed by atoms with Crippen LogP contribution in [-0.2, 0) is 18.3 Å². The highest BCUT2D eigenvalue weighted by Gasteiger charge is 2.10. The average Bonchev–Trinajstić information content (AvgIpc) is 2.66. The summed E-state index contributed by atoms with van der Waals surface area (Å²) in [6, 6.07) is 3.97. The molecule has 3 N–H and O–H groups in total. The zero-order valence-electron chi connectivity index (χ0n) is 11.0. The van der Waals surface area contributed by atoms with E-state index in [9.17, 15) is 9.18 Å². The zero-order chi connectivity index (χ0) is 14.0. The molecule has 0 saturated heterocycles. The van der Waals surface area contributed by atoms with Gasteiger partial charge in [-0.1, -0.05) is 0 Å². The Morgan fingerprint density at radius 1 is 1.58 bits per heavy atom. The first-order valence-electron chi connectivity index (χ1n) is 6.13. The first-order valence-corrected chi connectivity index (χ1v) is 6.13. The van der Waals surface area contributed by atoms with E-state index in [1.165, 1.54) is 12.1 Å². The molecular formula is C13H17FN4O. The van der Waals surface area contributed by atoms with Crippen molar-refractivity contribution in [2.75, 3.05) is 6.54 Å². The van der Waals surface area contributed by atoms with Gasteiger partial charge in [0.1, 0.15) is 11.6 Å². The Bertz CT molecular complexity index is 606. The SMILES string of the molecule is C[C@@H](N)C(=O)NCCc1nc2ccc(F)cc2n1C. The molecule has 0 bridgehead atoms. The Balaban J connectivity index is 2.09. The number of nitrogens with zero attached hydrogens (tertiary/aromatic N) is 2. The molecule has 102 valence electrons. The van der Waals surface area contributed by atoms with Crippen LogP contribution < -0.4 is 11.1 Å². The second-order valence-corrected chi connectivity index (χ2v) is 4.55. The predicted octanol–water partition coefficient (Wildman–Crippen LogP) is 0.718. The average molecular weight is 264 g/mol. The van der Waals surface area contributed by atoms with E-state index < -0.39 is 6.04 Å². The minimum Gasteiger partial charge on any atom is -0.354 e. The molecule has 0 fully saturated rings. The van der Waals surface area contributed by atoms with Crippen LogP contribution in [0, 0.1) is 5.82 Å². The van der Waals surface area contributed by atoms with E-state index in [0.717, 1.165) is 16.9 Å². The molecular weight excluding hydrogens is 247 g/mol. The van der Waals surface area contributed by atoms with E-state index in [1.54, 1.807) is 13.0 Å². The summed E-state index contributed by atoms with van der Waals surface area (Å²) >= 11 is 0. The number of hydrogen-bond donors (Lipinski definition) is 2. The Morgan fingerprint density at radius 3 is 3.00 bits per heavy atom. The van der Waals surface area contributed by atoms with Crippen molar-refractivity contribution in [1.82, 2.24) is 14.9 Å². The number of rotatable bonds is 4. The van der Waals surface area contributed by atoms with Gasteiger partial charge in [-0.05, 0) is 25.1 Å². The van der Waals surface area contributed by atoms with Crippen LogP contribution in [0.25, 0.3) is 11.0 Å².